The van der Waals surface area contributed by atoms with Gasteiger partial charge in [-0.1, -0.05) is 13.8 Å². The minimum Gasteiger partial charge on any atom is -0.393 e. The fraction of sp³-hybridized carbons (Fsp3) is 1.00. The highest BCUT2D eigenvalue weighted by atomic mass is 16.3. The van der Waals surface area contributed by atoms with Gasteiger partial charge in [-0.15, -0.1) is 0 Å². The summed E-state index contributed by atoms with van der Waals surface area (Å²) >= 11 is 0. The quantitative estimate of drug-likeness (QED) is 0.747. The Morgan fingerprint density at radius 1 is 1.29 bits per heavy atom. The lowest BCUT2D eigenvalue weighted by atomic mass is 9.81. The molecule has 1 saturated heterocycles. The van der Waals surface area contributed by atoms with Crippen molar-refractivity contribution >= 4 is 0 Å². The smallest absolute Gasteiger partial charge is 0.0541 e. The van der Waals surface area contributed by atoms with Gasteiger partial charge in [0.05, 0.1) is 6.10 Å². The van der Waals surface area contributed by atoms with Crippen molar-refractivity contribution < 1.29 is 5.11 Å². The van der Waals surface area contributed by atoms with Crippen LogP contribution in [-0.2, 0) is 0 Å². The molecule has 3 nitrogen and oxygen atoms in total. The molecular weight excluding hydrogens is 212 g/mol. The zero-order valence-corrected chi connectivity index (χ0v) is 11.8. The van der Waals surface area contributed by atoms with E-state index in [0.29, 0.717) is 11.3 Å². The van der Waals surface area contributed by atoms with Crippen LogP contribution in [0.25, 0.3) is 0 Å². The molecule has 1 aliphatic rings. The van der Waals surface area contributed by atoms with E-state index in [0.717, 1.165) is 51.9 Å². The van der Waals surface area contributed by atoms with Crippen LogP contribution in [0, 0.1) is 11.3 Å². The maximum Gasteiger partial charge on any atom is 0.0541 e. The van der Waals surface area contributed by atoms with Gasteiger partial charge >= 0.3 is 0 Å². The van der Waals surface area contributed by atoms with Crippen LogP contribution in [0.15, 0.2) is 0 Å². The van der Waals surface area contributed by atoms with E-state index in [9.17, 15) is 5.11 Å². The average Bonchev–Trinajstić information content (AvgIpc) is 2.37. The van der Waals surface area contributed by atoms with Gasteiger partial charge in [-0.25, -0.2) is 0 Å². The van der Waals surface area contributed by atoms with Crippen LogP contribution in [0.4, 0.5) is 0 Å². The Bertz CT molecular complexity index is 198. The van der Waals surface area contributed by atoms with Gasteiger partial charge in [0.15, 0.2) is 0 Å². The maximum absolute atomic E-state index is 9.60. The van der Waals surface area contributed by atoms with Gasteiger partial charge in [0, 0.05) is 6.54 Å². The number of piperidine rings is 1. The van der Waals surface area contributed by atoms with Gasteiger partial charge in [0.1, 0.15) is 0 Å². The van der Waals surface area contributed by atoms with Gasteiger partial charge in [-0.3, -0.25) is 0 Å². The van der Waals surface area contributed by atoms with Crippen LogP contribution < -0.4 is 5.73 Å². The second-order valence-electron chi connectivity index (χ2n) is 5.77. The summed E-state index contributed by atoms with van der Waals surface area (Å²) in [5, 5.41) is 9.60. The third-order valence-corrected chi connectivity index (χ3v) is 4.81. The first kappa shape index (κ1) is 14.9. The predicted molar refractivity (Wildman–Crippen MR) is 72.9 cm³/mol. The standard InChI is InChI=1S/C14H30N2O/c1-4-14(5-2,10-15)11-16-8-6-13(7-9-16)12(3)17/h12-13,17H,4-11,15H2,1-3H3. The van der Waals surface area contributed by atoms with Gasteiger partial charge in [0.2, 0.25) is 0 Å². The summed E-state index contributed by atoms with van der Waals surface area (Å²) in [6, 6.07) is 0. The lowest BCUT2D eigenvalue weighted by molar-refractivity contribution is 0.0517. The van der Waals surface area contributed by atoms with E-state index in [1.54, 1.807) is 0 Å². The Balaban J connectivity index is 2.44. The van der Waals surface area contributed by atoms with Crippen LogP contribution >= 0.6 is 0 Å². The average molecular weight is 242 g/mol. The Kier molecular flexibility index (Phi) is 5.90. The number of likely N-dealkylation sites (tertiary alicyclic amines) is 1. The first-order valence-corrected chi connectivity index (χ1v) is 7.17. The number of nitrogens with zero attached hydrogens (tertiary/aromatic N) is 1. The number of hydrogen-bond donors (Lipinski definition) is 2. The molecule has 3 N–H and O–H groups in total. The third kappa shape index (κ3) is 3.94. The molecule has 3 heteroatoms. The van der Waals surface area contributed by atoms with Crippen molar-refractivity contribution in [2.24, 2.45) is 17.1 Å². The minimum atomic E-state index is -0.145. The summed E-state index contributed by atoms with van der Waals surface area (Å²) < 4.78 is 0. The molecule has 0 amide bonds. The second kappa shape index (κ2) is 6.72. The van der Waals surface area contributed by atoms with Gasteiger partial charge in [-0.2, -0.15) is 0 Å². The Labute approximate surface area is 106 Å². The van der Waals surface area contributed by atoms with Crippen LogP contribution in [0.5, 0.6) is 0 Å². The van der Waals surface area contributed by atoms with Crippen LogP contribution in [0.2, 0.25) is 0 Å². The highest BCUT2D eigenvalue weighted by Gasteiger charge is 2.30. The van der Waals surface area contributed by atoms with E-state index in [-0.39, 0.29) is 6.10 Å². The summed E-state index contributed by atoms with van der Waals surface area (Å²) in [6.07, 6.45) is 4.44. The van der Waals surface area contributed by atoms with Crippen LogP contribution in [0.1, 0.15) is 46.5 Å². The van der Waals surface area contributed by atoms with Crippen molar-refractivity contribution in [3.05, 3.63) is 0 Å². The van der Waals surface area contributed by atoms with Gasteiger partial charge in [0.25, 0.3) is 0 Å². The van der Waals surface area contributed by atoms with E-state index in [1.807, 2.05) is 6.92 Å². The summed E-state index contributed by atoms with van der Waals surface area (Å²) in [5.41, 5.74) is 6.26. The fourth-order valence-corrected chi connectivity index (χ4v) is 2.89. The zero-order valence-electron chi connectivity index (χ0n) is 11.8. The first-order chi connectivity index (χ1) is 8.06. The summed E-state index contributed by atoms with van der Waals surface area (Å²) in [7, 11) is 0. The first-order valence-electron chi connectivity index (χ1n) is 7.17. The Morgan fingerprint density at radius 3 is 2.18 bits per heavy atom. The molecule has 1 unspecified atom stereocenters. The molecule has 1 heterocycles. The van der Waals surface area contributed by atoms with Gasteiger partial charge < -0.3 is 15.7 Å². The van der Waals surface area contributed by atoms with Crippen molar-refractivity contribution in [3.63, 3.8) is 0 Å². The van der Waals surface area contributed by atoms with Crippen molar-refractivity contribution in [1.82, 2.24) is 4.90 Å². The molecular formula is C14H30N2O. The lowest BCUT2D eigenvalue weighted by Crippen LogP contribution is -2.46. The largest absolute Gasteiger partial charge is 0.393 e. The second-order valence-corrected chi connectivity index (χ2v) is 5.77. The van der Waals surface area contributed by atoms with E-state index in [1.165, 1.54) is 0 Å². The number of hydrogen-bond acceptors (Lipinski definition) is 3. The predicted octanol–water partition coefficient (Wildman–Crippen LogP) is 1.84. The highest BCUT2D eigenvalue weighted by Crippen LogP contribution is 2.29. The Morgan fingerprint density at radius 2 is 1.82 bits per heavy atom. The summed E-state index contributed by atoms with van der Waals surface area (Å²) in [5.74, 6) is 0.502. The van der Waals surface area contributed by atoms with E-state index in [2.05, 4.69) is 18.7 Å². The molecule has 0 saturated carbocycles. The van der Waals surface area contributed by atoms with E-state index >= 15 is 0 Å². The molecule has 102 valence electrons. The topological polar surface area (TPSA) is 49.5 Å². The van der Waals surface area contributed by atoms with Crippen LogP contribution in [0.3, 0.4) is 0 Å². The molecule has 1 aliphatic heterocycles. The SMILES string of the molecule is CCC(CC)(CN)CN1CCC(C(C)O)CC1. The summed E-state index contributed by atoms with van der Waals surface area (Å²) in [4.78, 5) is 2.54. The lowest BCUT2D eigenvalue weighted by Gasteiger charge is -2.40. The van der Waals surface area contributed by atoms with Crippen LogP contribution in [-0.4, -0.2) is 42.3 Å². The number of nitrogens with two attached hydrogens (primary N) is 1. The molecule has 17 heavy (non-hydrogen) atoms. The van der Waals surface area contributed by atoms with Crippen molar-refractivity contribution in [2.45, 2.75) is 52.6 Å². The molecule has 0 bridgehead atoms. The van der Waals surface area contributed by atoms with E-state index in [4.69, 9.17) is 5.73 Å². The molecule has 0 spiro atoms. The molecule has 0 aromatic heterocycles. The Hall–Kier alpha value is -0.120. The number of aliphatic hydroxyl groups is 1. The zero-order chi connectivity index (χ0) is 12.9. The molecule has 1 rings (SSSR count). The molecule has 1 atom stereocenters. The summed E-state index contributed by atoms with van der Waals surface area (Å²) in [6.45, 7) is 10.6. The van der Waals surface area contributed by atoms with E-state index < -0.39 is 0 Å². The third-order valence-electron chi connectivity index (χ3n) is 4.81. The number of aliphatic hydroxyl groups excluding tert-OH is 1. The number of rotatable bonds is 6. The maximum atomic E-state index is 9.60. The highest BCUT2D eigenvalue weighted by molar-refractivity contribution is 4.84. The molecule has 1 fully saturated rings. The fourth-order valence-electron chi connectivity index (χ4n) is 2.89. The van der Waals surface area contributed by atoms with Crippen molar-refractivity contribution in [3.8, 4) is 0 Å². The van der Waals surface area contributed by atoms with Crippen molar-refractivity contribution in [1.29, 1.82) is 0 Å². The minimum absolute atomic E-state index is 0.145. The molecule has 0 aromatic carbocycles. The monoisotopic (exact) mass is 242 g/mol. The van der Waals surface area contributed by atoms with Gasteiger partial charge in [-0.05, 0) is 63.6 Å². The molecule has 0 aliphatic carbocycles. The molecule has 0 aromatic rings. The normalized spacial score (nSPS) is 21.7. The van der Waals surface area contributed by atoms with Crippen molar-refractivity contribution in [2.75, 3.05) is 26.2 Å². The molecule has 0 radical (unpaired) electrons.